The molecule has 0 fully saturated rings. The lowest BCUT2D eigenvalue weighted by atomic mass is 9.87. The molecule has 1 amide bonds. The van der Waals surface area contributed by atoms with Gasteiger partial charge in [-0.1, -0.05) is 99.6 Å². The van der Waals surface area contributed by atoms with Gasteiger partial charge in [0, 0.05) is 19.5 Å². The quantitative estimate of drug-likeness (QED) is 0.145. The van der Waals surface area contributed by atoms with Crippen molar-refractivity contribution in [2.24, 2.45) is 0 Å². The molecular weight excluding hydrogens is 530 g/mol. The van der Waals surface area contributed by atoms with Crippen molar-refractivity contribution >= 4 is 16.9 Å². The van der Waals surface area contributed by atoms with Gasteiger partial charge in [-0.25, -0.2) is 4.98 Å². The molecule has 5 heteroatoms. The Morgan fingerprint density at radius 3 is 2.23 bits per heavy atom. The first-order valence-electron chi connectivity index (χ1n) is 15.5. The van der Waals surface area contributed by atoms with Crippen LogP contribution in [0.15, 0.2) is 103 Å². The third-order valence-electron chi connectivity index (χ3n) is 7.82. The van der Waals surface area contributed by atoms with Crippen LogP contribution in [-0.2, 0) is 29.6 Å². The number of benzene rings is 4. The molecule has 0 radical (unpaired) electrons. The van der Waals surface area contributed by atoms with E-state index >= 15 is 0 Å². The summed E-state index contributed by atoms with van der Waals surface area (Å²) in [6, 6.07) is 35.3. The molecule has 0 atom stereocenters. The highest BCUT2D eigenvalue weighted by Crippen LogP contribution is 2.25. The highest BCUT2D eigenvalue weighted by molar-refractivity contribution is 5.79. The fraction of sp³-hybridized carbons (Fsp3) is 0.316. The van der Waals surface area contributed by atoms with Crippen LogP contribution in [0.5, 0.6) is 5.75 Å². The lowest BCUT2D eigenvalue weighted by molar-refractivity contribution is -0.120. The molecule has 0 aliphatic heterocycles. The molecular formula is C38H43N3O2. The molecule has 1 heterocycles. The van der Waals surface area contributed by atoms with E-state index in [1.54, 1.807) is 0 Å². The summed E-state index contributed by atoms with van der Waals surface area (Å²) in [6.07, 6.45) is 4.02. The van der Waals surface area contributed by atoms with E-state index in [2.05, 4.69) is 97.4 Å². The predicted molar refractivity (Wildman–Crippen MR) is 177 cm³/mol. The van der Waals surface area contributed by atoms with Crippen molar-refractivity contribution in [2.45, 2.75) is 64.8 Å². The second-order valence-electron chi connectivity index (χ2n) is 12.2. The number of amides is 1. The summed E-state index contributed by atoms with van der Waals surface area (Å²) in [7, 11) is 0. The van der Waals surface area contributed by atoms with Crippen LogP contribution >= 0.6 is 0 Å². The number of hydrogen-bond donors (Lipinski definition) is 1. The highest BCUT2D eigenvalue weighted by Gasteiger charge is 2.13. The monoisotopic (exact) mass is 573 g/mol. The lowest BCUT2D eigenvalue weighted by Crippen LogP contribution is -2.26. The summed E-state index contributed by atoms with van der Waals surface area (Å²) in [6.45, 7) is 8.89. The number of hydrogen-bond acceptors (Lipinski definition) is 3. The third-order valence-corrected chi connectivity index (χ3v) is 7.82. The number of carbonyl (C=O) groups is 1. The number of aromatic nitrogens is 2. The second-order valence-corrected chi connectivity index (χ2v) is 12.2. The van der Waals surface area contributed by atoms with Gasteiger partial charge < -0.3 is 14.6 Å². The van der Waals surface area contributed by atoms with Crippen molar-refractivity contribution in [2.75, 3.05) is 13.2 Å². The Bertz CT molecular complexity index is 1600. The molecule has 0 aliphatic carbocycles. The fourth-order valence-corrected chi connectivity index (χ4v) is 5.35. The molecule has 43 heavy (non-hydrogen) atoms. The summed E-state index contributed by atoms with van der Waals surface area (Å²) in [5.41, 5.74) is 7.00. The van der Waals surface area contributed by atoms with Crippen molar-refractivity contribution in [1.82, 2.24) is 14.9 Å². The molecule has 1 N–H and O–H groups in total. The maximum absolute atomic E-state index is 12.6. The van der Waals surface area contributed by atoms with Crippen molar-refractivity contribution in [3.05, 3.63) is 120 Å². The van der Waals surface area contributed by atoms with Gasteiger partial charge >= 0.3 is 0 Å². The number of rotatable bonds is 13. The topological polar surface area (TPSA) is 56.1 Å². The molecule has 0 unspecified atom stereocenters. The summed E-state index contributed by atoms with van der Waals surface area (Å²) >= 11 is 0. The van der Waals surface area contributed by atoms with E-state index in [0.717, 1.165) is 60.4 Å². The molecule has 4 aromatic carbocycles. The van der Waals surface area contributed by atoms with Gasteiger partial charge in [-0.2, -0.15) is 0 Å². The summed E-state index contributed by atoms with van der Waals surface area (Å²) in [4.78, 5) is 17.5. The Labute approximate surface area is 255 Å². The minimum absolute atomic E-state index is 0.0500. The molecule has 5 nitrogen and oxygen atoms in total. The third kappa shape index (κ3) is 8.35. The van der Waals surface area contributed by atoms with E-state index in [-0.39, 0.29) is 11.3 Å². The van der Waals surface area contributed by atoms with Gasteiger partial charge in [-0.15, -0.1) is 0 Å². The second kappa shape index (κ2) is 14.2. The van der Waals surface area contributed by atoms with E-state index in [4.69, 9.17) is 9.72 Å². The average Bonchev–Trinajstić information content (AvgIpc) is 3.37. The number of carbonyl (C=O) groups excluding carboxylic acids is 1. The van der Waals surface area contributed by atoms with Crippen LogP contribution in [0.3, 0.4) is 0 Å². The molecule has 0 bridgehead atoms. The normalized spacial score (nSPS) is 11.5. The SMILES string of the molecule is CC(C)(C)c1ccc(OCCCCn2c(CCCNC(=O)Cc3ccc(-c4ccccc4)cc3)nc3ccccc32)cc1. The van der Waals surface area contributed by atoms with Crippen LogP contribution < -0.4 is 10.1 Å². The minimum Gasteiger partial charge on any atom is -0.494 e. The molecule has 1 aromatic heterocycles. The molecule has 0 spiro atoms. The number of fused-ring (bicyclic) bond motifs is 1. The zero-order valence-electron chi connectivity index (χ0n) is 25.7. The fourth-order valence-electron chi connectivity index (χ4n) is 5.35. The largest absolute Gasteiger partial charge is 0.494 e. The number of ether oxygens (including phenoxy) is 1. The first kappa shape index (κ1) is 30.1. The molecule has 222 valence electrons. The van der Waals surface area contributed by atoms with Crippen LogP contribution in [0.1, 0.15) is 57.0 Å². The first-order chi connectivity index (χ1) is 20.9. The van der Waals surface area contributed by atoms with Gasteiger partial charge in [0.15, 0.2) is 0 Å². The van der Waals surface area contributed by atoms with E-state index in [0.29, 0.717) is 19.6 Å². The molecule has 0 saturated heterocycles. The van der Waals surface area contributed by atoms with E-state index in [1.807, 2.05) is 36.4 Å². The van der Waals surface area contributed by atoms with Gasteiger partial charge in [0.05, 0.1) is 24.1 Å². The Morgan fingerprint density at radius 1 is 0.791 bits per heavy atom. The predicted octanol–water partition coefficient (Wildman–Crippen LogP) is 8.15. The highest BCUT2D eigenvalue weighted by atomic mass is 16.5. The number of unbranched alkanes of at least 4 members (excludes halogenated alkanes) is 1. The standard InChI is InChI=1S/C38H43N3O2/c1-38(2,3)32-21-23-33(24-22-32)43-27-10-9-26-41-35-15-8-7-14-34(35)40-36(41)16-11-25-39-37(42)28-29-17-19-31(20-18-29)30-12-5-4-6-13-30/h4-8,12-15,17-24H,9-11,16,25-28H2,1-3H3,(H,39,42). The number of nitrogens with zero attached hydrogens (tertiary/aromatic N) is 2. The lowest BCUT2D eigenvalue weighted by Gasteiger charge is -2.19. The maximum atomic E-state index is 12.6. The maximum Gasteiger partial charge on any atom is 0.224 e. The van der Waals surface area contributed by atoms with Crippen molar-refractivity contribution in [1.29, 1.82) is 0 Å². The molecule has 0 aliphatic rings. The van der Waals surface area contributed by atoms with E-state index < -0.39 is 0 Å². The van der Waals surface area contributed by atoms with Crippen LogP contribution in [0.2, 0.25) is 0 Å². The zero-order chi connectivity index (χ0) is 30.1. The molecule has 5 rings (SSSR count). The van der Waals surface area contributed by atoms with Crippen LogP contribution in [-0.4, -0.2) is 28.6 Å². The number of nitrogens with one attached hydrogen (secondary N) is 1. The van der Waals surface area contributed by atoms with Crippen LogP contribution in [0, 0.1) is 0 Å². The Balaban J connectivity index is 1.07. The van der Waals surface area contributed by atoms with E-state index in [1.165, 1.54) is 16.6 Å². The number of aryl methyl sites for hydroxylation is 2. The van der Waals surface area contributed by atoms with Gasteiger partial charge in [-0.05, 0) is 71.2 Å². The smallest absolute Gasteiger partial charge is 0.224 e. The van der Waals surface area contributed by atoms with Crippen molar-refractivity contribution in [3.8, 4) is 16.9 Å². The van der Waals surface area contributed by atoms with E-state index in [9.17, 15) is 4.79 Å². The first-order valence-corrected chi connectivity index (χ1v) is 15.5. The molecule has 0 saturated carbocycles. The Kier molecular flexibility index (Phi) is 9.93. The van der Waals surface area contributed by atoms with Gasteiger partial charge in [-0.3, -0.25) is 4.79 Å². The van der Waals surface area contributed by atoms with Gasteiger partial charge in [0.2, 0.25) is 5.91 Å². The minimum atomic E-state index is 0.0500. The van der Waals surface area contributed by atoms with Crippen molar-refractivity contribution < 1.29 is 9.53 Å². The zero-order valence-corrected chi connectivity index (χ0v) is 25.7. The summed E-state index contributed by atoms with van der Waals surface area (Å²) < 4.78 is 8.35. The Hall–Kier alpha value is -4.38. The van der Waals surface area contributed by atoms with Gasteiger partial charge in [0.1, 0.15) is 11.6 Å². The summed E-state index contributed by atoms with van der Waals surface area (Å²) in [5, 5.41) is 3.10. The summed E-state index contributed by atoms with van der Waals surface area (Å²) in [5.74, 6) is 2.05. The Morgan fingerprint density at radius 2 is 1.49 bits per heavy atom. The van der Waals surface area contributed by atoms with Crippen molar-refractivity contribution in [3.63, 3.8) is 0 Å². The molecule has 5 aromatic rings. The number of para-hydroxylation sites is 2. The van der Waals surface area contributed by atoms with Gasteiger partial charge in [0.25, 0.3) is 0 Å². The number of imidazole rings is 1. The van der Waals surface area contributed by atoms with Crippen LogP contribution in [0.4, 0.5) is 0 Å². The average molecular weight is 574 g/mol. The van der Waals surface area contributed by atoms with Crippen LogP contribution in [0.25, 0.3) is 22.2 Å².